The first kappa shape index (κ1) is 32.0. The summed E-state index contributed by atoms with van der Waals surface area (Å²) >= 11 is 0. The summed E-state index contributed by atoms with van der Waals surface area (Å²) in [5, 5.41) is 35.8. The first-order chi connectivity index (χ1) is 21.1. The second-order valence-electron chi connectivity index (χ2n) is 11.1. The monoisotopic (exact) mass is 629 g/mol. The number of nitrogens with zero attached hydrogens (tertiary/aromatic N) is 3. The molecule has 5 atom stereocenters. The number of benzene rings is 2. The van der Waals surface area contributed by atoms with Crippen molar-refractivity contribution in [2.24, 2.45) is 0 Å². The van der Waals surface area contributed by atoms with Gasteiger partial charge in [0.25, 0.3) is 5.91 Å². The standard InChI is InChI=1S/C30H39N5O8S/c1-4-23-27(29(38)28(37)24(17-36)43-23)32-30(39)18-5-10-22-21(15-18)26(33-35-13-11-34(2)12-14-35)25(16-31-22)44(40,41)20-8-6-19(42-3)7-9-20/h5-10,15-16,23-24,27-29,36-38H,4,11-14,17H2,1-3H3,(H,31,33)(H,32,39). The summed E-state index contributed by atoms with van der Waals surface area (Å²) in [4.78, 5) is 20.1. The number of anilines is 1. The lowest BCUT2D eigenvalue weighted by Crippen LogP contribution is -2.64. The summed E-state index contributed by atoms with van der Waals surface area (Å²) in [5.74, 6) is -0.0353. The molecule has 2 aliphatic heterocycles. The van der Waals surface area contributed by atoms with Gasteiger partial charge in [-0.05, 0) is 55.9 Å². The van der Waals surface area contributed by atoms with Crippen LogP contribution in [0.1, 0.15) is 23.7 Å². The maximum absolute atomic E-state index is 14.0. The number of carbonyl (C=O) groups excluding carboxylic acids is 1. The fourth-order valence-corrected chi connectivity index (χ4v) is 6.91. The molecule has 2 aromatic carbocycles. The van der Waals surface area contributed by atoms with Crippen molar-refractivity contribution >= 4 is 32.3 Å². The van der Waals surface area contributed by atoms with Crippen molar-refractivity contribution in [3.05, 3.63) is 54.2 Å². The van der Waals surface area contributed by atoms with Crippen LogP contribution in [0.2, 0.25) is 0 Å². The highest BCUT2D eigenvalue weighted by molar-refractivity contribution is 7.91. The zero-order chi connectivity index (χ0) is 31.6. The predicted molar refractivity (Wildman–Crippen MR) is 162 cm³/mol. The summed E-state index contributed by atoms with van der Waals surface area (Å²) in [6.07, 6.45) is -2.64. The second kappa shape index (κ2) is 13.3. The van der Waals surface area contributed by atoms with Gasteiger partial charge < -0.3 is 40.4 Å². The molecule has 3 heterocycles. The van der Waals surface area contributed by atoms with E-state index < -0.39 is 52.8 Å². The highest BCUT2D eigenvalue weighted by atomic mass is 32.2. The number of aromatic nitrogens is 1. The number of aliphatic hydroxyl groups excluding tert-OH is 3. The summed E-state index contributed by atoms with van der Waals surface area (Å²) < 4.78 is 38.8. The predicted octanol–water partition coefficient (Wildman–Crippen LogP) is 0.640. The Morgan fingerprint density at radius 3 is 2.41 bits per heavy atom. The van der Waals surface area contributed by atoms with Crippen LogP contribution in [0.4, 0.5) is 5.69 Å². The quantitative estimate of drug-likeness (QED) is 0.224. The number of pyridine rings is 1. The van der Waals surface area contributed by atoms with Crippen LogP contribution in [-0.4, -0.2) is 122 Å². The van der Waals surface area contributed by atoms with Gasteiger partial charge in [0.15, 0.2) is 0 Å². The number of fused-ring (bicyclic) bond motifs is 1. The number of hydrazine groups is 1. The van der Waals surface area contributed by atoms with Gasteiger partial charge >= 0.3 is 0 Å². The number of nitrogens with one attached hydrogen (secondary N) is 2. The van der Waals surface area contributed by atoms with Gasteiger partial charge in [-0.2, -0.15) is 0 Å². The molecular weight excluding hydrogens is 590 g/mol. The minimum absolute atomic E-state index is 0.0491. The number of piperazine rings is 1. The minimum Gasteiger partial charge on any atom is -0.497 e. The molecule has 0 radical (unpaired) electrons. The van der Waals surface area contributed by atoms with Crippen molar-refractivity contribution in [1.29, 1.82) is 0 Å². The first-order valence-corrected chi connectivity index (χ1v) is 16.0. The Morgan fingerprint density at radius 2 is 1.77 bits per heavy atom. The van der Waals surface area contributed by atoms with E-state index in [0.29, 0.717) is 41.9 Å². The molecule has 0 bridgehead atoms. The molecule has 0 spiro atoms. The molecule has 2 saturated heterocycles. The number of sulfone groups is 1. The number of amides is 1. The average molecular weight is 630 g/mol. The Morgan fingerprint density at radius 1 is 1.07 bits per heavy atom. The summed E-state index contributed by atoms with van der Waals surface area (Å²) in [6, 6.07) is 9.90. The molecule has 2 fully saturated rings. The SMILES string of the molecule is CCC1OC(CO)C(O)C(O)C1NC(=O)c1ccc2ncc(S(=O)(=O)c3ccc(OC)cc3)c(NN3CCN(C)CC3)c2c1. The van der Waals surface area contributed by atoms with E-state index in [4.69, 9.17) is 9.47 Å². The number of methoxy groups -OCH3 is 1. The third-order valence-electron chi connectivity index (χ3n) is 8.26. The number of hydrogen-bond acceptors (Lipinski definition) is 12. The smallest absolute Gasteiger partial charge is 0.251 e. The summed E-state index contributed by atoms with van der Waals surface area (Å²) in [5.41, 5.74) is 4.27. The van der Waals surface area contributed by atoms with Crippen molar-refractivity contribution in [1.82, 2.24) is 20.2 Å². The molecule has 5 rings (SSSR count). The minimum atomic E-state index is -4.05. The molecule has 3 aromatic rings. The Hall–Kier alpha value is -3.37. The molecule has 5 unspecified atom stereocenters. The van der Waals surface area contributed by atoms with E-state index in [2.05, 4.69) is 20.6 Å². The van der Waals surface area contributed by atoms with Gasteiger partial charge in [0.2, 0.25) is 9.84 Å². The van der Waals surface area contributed by atoms with Crippen molar-refractivity contribution in [2.75, 3.05) is 52.4 Å². The second-order valence-corrected chi connectivity index (χ2v) is 13.0. The molecule has 238 valence electrons. The third-order valence-corrected chi connectivity index (χ3v) is 10.0. The Bertz CT molecular complexity index is 1580. The summed E-state index contributed by atoms with van der Waals surface area (Å²) in [7, 11) is -0.533. The topological polar surface area (TPSA) is 174 Å². The van der Waals surface area contributed by atoms with Gasteiger partial charge in [-0.15, -0.1) is 0 Å². The molecule has 2 aliphatic rings. The maximum Gasteiger partial charge on any atom is 0.251 e. The Balaban J connectivity index is 1.54. The first-order valence-electron chi connectivity index (χ1n) is 14.5. The fraction of sp³-hybridized carbons (Fsp3) is 0.467. The third kappa shape index (κ3) is 6.38. The van der Waals surface area contributed by atoms with Gasteiger partial charge in [0, 0.05) is 43.3 Å². The van der Waals surface area contributed by atoms with E-state index in [1.165, 1.54) is 25.4 Å². The molecule has 0 aliphatic carbocycles. The molecule has 0 saturated carbocycles. The van der Waals surface area contributed by atoms with Crippen molar-refractivity contribution in [3.63, 3.8) is 0 Å². The van der Waals surface area contributed by atoms with Crippen molar-refractivity contribution < 1.29 is 38.0 Å². The lowest BCUT2D eigenvalue weighted by Gasteiger charge is -2.42. The highest BCUT2D eigenvalue weighted by Gasteiger charge is 2.44. The molecular formula is C30H39N5O8S. The van der Waals surface area contributed by atoms with Crippen LogP contribution < -0.4 is 15.5 Å². The lowest BCUT2D eigenvalue weighted by atomic mass is 9.91. The van der Waals surface area contributed by atoms with Crippen LogP contribution in [0.3, 0.4) is 0 Å². The van der Waals surface area contributed by atoms with Crippen LogP contribution in [0.25, 0.3) is 10.9 Å². The zero-order valence-corrected chi connectivity index (χ0v) is 25.7. The van der Waals surface area contributed by atoms with Gasteiger partial charge in [0.1, 0.15) is 29.0 Å². The highest BCUT2D eigenvalue weighted by Crippen LogP contribution is 2.35. The van der Waals surface area contributed by atoms with Crippen molar-refractivity contribution in [3.8, 4) is 5.75 Å². The number of aliphatic hydroxyl groups is 3. The van der Waals surface area contributed by atoms with E-state index in [9.17, 15) is 28.5 Å². The van der Waals surface area contributed by atoms with E-state index in [1.807, 2.05) is 19.0 Å². The van der Waals surface area contributed by atoms with E-state index in [0.717, 1.165) is 13.1 Å². The normalized spacial score (nSPS) is 25.1. The van der Waals surface area contributed by atoms with Gasteiger partial charge in [-0.3, -0.25) is 9.78 Å². The number of carbonyl (C=O) groups is 1. The fourth-order valence-electron chi connectivity index (χ4n) is 5.55. The van der Waals surface area contributed by atoms with Crippen molar-refractivity contribution in [2.45, 2.75) is 53.6 Å². The molecule has 13 nitrogen and oxygen atoms in total. The van der Waals surface area contributed by atoms with Gasteiger partial charge in [-0.25, -0.2) is 13.4 Å². The van der Waals surface area contributed by atoms with Crippen LogP contribution in [-0.2, 0) is 14.6 Å². The largest absolute Gasteiger partial charge is 0.497 e. The molecule has 44 heavy (non-hydrogen) atoms. The van der Waals surface area contributed by atoms with Crippen LogP contribution in [0.5, 0.6) is 5.75 Å². The number of likely N-dealkylation sites (N-methyl/N-ethyl adjacent to an activating group) is 1. The average Bonchev–Trinajstić information content (AvgIpc) is 3.04. The maximum atomic E-state index is 14.0. The Kier molecular flexibility index (Phi) is 9.70. The van der Waals surface area contributed by atoms with E-state index >= 15 is 0 Å². The number of ether oxygens (including phenoxy) is 2. The van der Waals surface area contributed by atoms with Gasteiger partial charge in [-0.1, -0.05) is 6.92 Å². The van der Waals surface area contributed by atoms with Crippen LogP contribution in [0.15, 0.2) is 58.5 Å². The number of hydrogen-bond donors (Lipinski definition) is 5. The molecule has 5 N–H and O–H groups in total. The molecule has 1 amide bonds. The Labute approximate surface area is 256 Å². The van der Waals surface area contributed by atoms with E-state index in [1.54, 1.807) is 30.3 Å². The number of rotatable bonds is 9. The zero-order valence-electron chi connectivity index (χ0n) is 24.9. The van der Waals surface area contributed by atoms with Gasteiger partial charge in [0.05, 0.1) is 42.0 Å². The lowest BCUT2D eigenvalue weighted by molar-refractivity contribution is -0.193. The van der Waals surface area contributed by atoms with Crippen LogP contribution in [0, 0.1) is 0 Å². The van der Waals surface area contributed by atoms with E-state index in [-0.39, 0.29) is 15.4 Å². The molecule has 14 heteroatoms. The van der Waals surface area contributed by atoms with Crippen LogP contribution >= 0.6 is 0 Å². The molecule has 1 aromatic heterocycles. The summed E-state index contributed by atoms with van der Waals surface area (Å²) in [6.45, 7) is 4.16.